The summed E-state index contributed by atoms with van der Waals surface area (Å²) in [6, 6.07) is 13.9. The van der Waals surface area contributed by atoms with E-state index in [0.29, 0.717) is 31.8 Å². The summed E-state index contributed by atoms with van der Waals surface area (Å²) in [7, 11) is 0. The molecule has 2 aromatic heterocycles. The largest absolute Gasteiger partial charge is 0.467 e. The van der Waals surface area contributed by atoms with Crippen molar-refractivity contribution in [2.45, 2.75) is 60.2 Å². The predicted molar refractivity (Wildman–Crippen MR) is 114 cm³/mol. The lowest BCUT2D eigenvalue weighted by molar-refractivity contribution is -0.132. The van der Waals surface area contributed by atoms with Gasteiger partial charge in [-0.2, -0.15) is 5.10 Å². The van der Waals surface area contributed by atoms with Crippen molar-refractivity contribution in [3.8, 4) is 0 Å². The summed E-state index contributed by atoms with van der Waals surface area (Å²) < 4.78 is 7.56. The number of nitrogens with zero attached hydrogens (tertiary/aromatic N) is 3. The summed E-state index contributed by atoms with van der Waals surface area (Å²) in [6.45, 7) is 10.5. The topological polar surface area (TPSA) is 51.3 Å². The van der Waals surface area contributed by atoms with Crippen LogP contribution < -0.4 is 0 Å². The molecule has 2 heterocycles. The van der Waals surface area contributed by atoms with Gasteiger partial charge < -0.3 is 9.32 Å². The SMILES string of the molecule is Cc1nn(CC(C)C)c(C)c1CCC(=O)N(Cc1ccccc1)Cc1ccco1. The van der Waals surface area contributed by atoms with E-state index in [0.717, 1.165) is 23.6 Å². The van der Waals surface area contributed by atoms with E-state index in [4.69, 9.17) is 4.42 Å². The Morgan fingerprint density at radius 2 is 1.86 bits per heavy atom. The van der Waals surface area contributed by atoms with Crippen LogP contribution in [0.25, 0.3) is 0 Å². The van der Waals surface area contributed by atoms with Gasteiger partial charge in [0.15, 0.2) is 0 Å². The highest BCUT2D eigenvalue weighted by atomic mass is 16.3. The molecule has 0 fully saturated rings. The zero-order valence-electron chi connectivity index (χ0n) is 17.9. The normalized spacial score (nSPS) is 11.2. The smallest absolute Gasteiger partial charge is 0.223 e. The van der Waals surface area contributed by atoms with Gasteiger partial charge in [0.05, 0.1) is 18.5 Å². The lowest BCUT2D eigenvalue weighted by Gasteiger charge is -2.22. The minimum Gasteiger partial charge on any atom is -0.467 e. The van der Waals surface area contributed by atoms with E-state index in [1.54, 1.807) is 6.26 Å². The zero-order chi connectivity index (χ0) is 20.8. The molecule has 3 rings (SSSR count). The maximum absolute atomic E-state index is 13.1. The quantitative estimate of drug-likeness (QED) is 0.519. The molecule has 0 bridgehead atoms. The average Bonchev–Trinajstić information content (AvgIpc) is 3.28. The number of carbonyl (C=O) groups is 1. The first kappa shape index (κ1) is 20.9. The van der Waals surface area contributed by atoms with E-state index in [2.05, 4.69) is 30.6 Å². The number of aryl methyl sites for hydroxylation is 1. The van der Waals surface area contributed by atoms with Gasteiger partial charge in [0.2, 0.25) is 5.91 Å². The fraction of sp³-hybridized carbons (Fsp3) is 0.417. The summed E-state index contributed by atoms with van der Waals surface area (Å²) in [6.07, 6.45) is 2.82. The molecule has 0 aliphatic heterocycles. The van der Waals surface area contributed by atoms with E-state index in [1.807, 2.05) is 54.3 Å². The van der Waals surface area contributed by atoms with Crippen molar-refractivity contribution < 1.29 is 9.21 Å². The Kier molecular flexibility index (Phi) is 6.91. The molecule has 0 saturated carbocycles. The molecule has 0 aliphatic rings. The molecule has 0 unspecified atom stereocenters. The van der Waals surface area contributed by atoms with Gasteiger partial charge in [0.25, 0.3) is 0 Å². The second kappa shape index (κ2) is 9.59. The molecule has 1 aromatic carbocycles. The molecule has 0 atom stereocenters. The minimum atomic E-state index is 0.126. The van der Waals surface area contributed by atoms with Gasteiger partial charge in [0, 0.05) is 25.2 Å². The van der Waals surface area contributed by atoms with E-state index in [9.17, 15) is 4.79 Å². The van der Waals surface area contributed by atoms with Crippen molar-refractivity contribution in [2.75, 3.05) is 0 Å². The molecule has 29 heavy (non-hydrogen) atoms. The third kappa shape index (κ3) is 5.59. The van der Waals surface area contributed by atoms with Crippen LogP contribution in [-0.4, -0.2) is 20.6 Å². The summed E-state index contributed by atoms with van der Waals surface area (Å²) in [5.41, 5.74) is 4.50. The molecule has 154 valence electrons. The lowest BCUT2D eigenvalue weighted by Crippen LogP contribution is -2.30. The van der Waals surface area contributed by atoms with Crippen LogP contribution in [0.5, 0.6) is 0 Å². The summed E-state index contributed by atoms with van der Waals surface area (Å²) in [5, 5.41) is 4.68. The molecule has 0 spiro atoms. The molecular weight excluding hydrogens is 362 g/mol. The first-order valence-electron chi connectivity index (χ1n) is 10.3. The van der Waals surface area contributed by atoms with Crippen molar-refractivity contribution in [2.24, 2.45) is 5.92 Å². The number of benzene rings is 1. The molecule has 0 radical (unpaired) electrons. The number of hydrogen-bond donors (Lipinski definition) is 0. The van der Waals surface area contributed by atoms with E-state index >= 15 is 0 Å². The van der Waals surface area contributed by atoms with Crippen LogP contribution in [0, 0.1) is 19.8 Å². The van der Waals surface area contributed by atoms with Crippen molar-refractivity contribution in [3.63, 3.8) is 0 Å². The van der Waals surface area contributed by atoms with Crippen molar-refractivity contribution in [3.05, 3.63) is 77.0 Å². The number of carbonyl (C=O) groups excluding carboxylic acids is 1. The fourth-order valence-electron chi connectivity index (χ4n) is 3.64. The standard InChI is InChI=1S/C24H31N3O2/c1-18(2)15-27-20(4)23(19(3)25-27)12-13-24(28)26(17-22-11-8-14-29-22)16-21-9-6-5-7-10-21/h5-11,14,18H,12-13,15-17H2,1-4H3. The van der Waals surface area contributed by atoms with Gasteiger partial charge >= 0.3 is 0 Å². The second-order valence-corrected chi connectivity index (χ2v) is 8.04. The van der Waals surface area contributed by atoms with Crippen LogP contribution in [-0.2, 0) is 30.8 Å². The zero-order valence-corrected chi connectivity index (χ0v) is 17.9. The molecule has 0 saturated heterocycles. The number of aromatic nitrogens is 2. The Balaban J connectivity index is 1.70. The summed E-state index contributed by atoms with van der Waals surface area (Å²) in [5.74, 6) is 1.46. The predicted octanol–water partition coefficient (Wildman–Crippen LogP) is 4.91. The van der Waals surface area contributed by atoms with Crippen molar-refractivity contribution in [1.82, 2.24) is 14.7 Å². The fourth-order valence-corrected chi connectivity index (χ4v) is 3.64. The second-order valence-electron chi connectivity index (χ2n) is 8.04. The summed E-state index contributed by atoms with van der Waals surface area (Å²) in [4.78, 5) is 15.0. The van der Waals surface area contributed by atoms with E-state index < -0.39 is 0 Å². The Morgan fingerprint density at radius 3 is 2.52 bits per heavy atom. The molecule has 5 nitrogen and oxygen atoms in total. The van der Waals surface area contributed by atoms with Gasteiger partial charge in [-0.15, -0.1) is 0 Å². The molecule has 0 N–H and O–H groups in total. The minimum absolute atomic E-state index is 0.126. The maximum Gasteiger partial charge on any atom is 0.223 e. The highest BCUT2D eigenvalue weighted by Crippen LogP contribution is 2.18. The molecule has 1 amide bonds. The van der Waals surface area contributed by atoms with Gasteiger partial charge in [-0.25, -0.2) is 0 Å². The Bertz CT molecular complexity index is 911. The number of amides is 1. The third-order valence-electron chi connectivity index (χ3n) is 5.15. The number of furan rings is 1. The first-order valence-corrected chi connectivity index (χ1v) is 10.3. The van der Waals surface area contributed by atoms with Gasteiger partial charge in [0.1, 0.15) is 5.76 Å². The molecule has 3 aromatic rings. The van der Waals surface area contributed by atoms with Crippen LogP contribution in [0.15, 0.2) is 53.1 Å². The molecule has 5 heteroatoms. The van der Waals surface area contributed by atoms with Gasteiger partial charge in [-0.3, -0.25) is 9.48 Å². The first-order chi connectivity index (χ1) is 13.9. The Hall–Kier alpha value is -2.82. The van der Waals surface area contributed by atoms with E-state index in [-0.39, 0.29) is 5.91 Å². The molecule has 0 aliphatic carbocycles. The number of hydrogen-bond acceptors (Lipinski definition) is 3. The Morgan fingerprint density at radius 1 is 1.10 bits per heavy atom. The van der Waals surface area contributed by atoms with Crippen molar-refractivity contribution >= 4 is 5.91 Å². The highest BCUT2D eigenvalue weighted by Gasteiger charge is 2.19. The Labute approximate surface area is 173 Å². The summed E-state index contributed by atoms with van der Waals surface area (Å²) >= 11 is 0. The van der Waals surface area contributed by atoms with Crippen molar-refractivity contribution in [1.29, 1.82) is 0 Å². The number of rotatable bonds is 9. The third-order valence-corrected chi connectivity index (χ3v) is 5.15. The van der Waals surface area contributed by atoms with Gasteiger partial charge in [-0.1, -0.05) is 44.2 Å². The van der Waals surface area contributed by atoms with Crippen LogP contribution in [0.4, 0.5) is 0 Å². The lowest BCUT2D eigenvalue weighted by atomic mass is 10.1. The van der Waals surface area contributed by atoms with E-state index in [1.165, 1.54) is 11.3 Å². The van der Waals surface area contributed by atoms with Crippen LogP contribution in [0.1, 0.15) is 48.5 Å². The van der Waals surface area contributed by atoms with Crippen LogP contribution >= 0.6 is 0 Å². The average molecular weight is 394 g/mol. The maximum atomic E-state index is 13.1. The highest BCUT2D eigenvalue weighted by molar-refractivity contribution is 5.76. The monoisotopic (exact) mass is 393 g/mol. The van der Waals surface area contributed by atoms with Crippen LogP contribution in [0.2, 0.25) is 0 Å². The molecular formula is C24H31N3O2. The van der Waals surface area contributed by atoms with Crippen LogP contribution in [0.3, 0.4) is 0 Å². The van der Waals surface area contributed by atoms with Gasteiger partial charge in [-0.05, 0) is 49.4 Å².